The molecule has 1 amide bonds. The predicted molar refractivity (Wildman–Crippen MR) is 121 cm³/mol. The molecule has 31 heavy (non-hydrogen) atoms. The zero-order valence-corrected chi connectivity index (χ0v) is 18.5. The number of anilines is 2. The van der Waals surface area contributed by atoms with Gasteiger partial charge in [-0.25, -0.2) is 8.42 Å². The van der Waals surface area contributed by atoms with E-state index >= 15 is 0 Å². The van der Waals surface area contributed by atoms with E-state index in [1.807, 2.05) is 0 Å². The molecule has 0 aromatic heterocycles. The molecule has 0 spiro atoms. The number of para-hydroxylation sites is 2. The minimum atomic E-state index is -4.10. The monoisotopic (exact) mass is 460 g/mol. The molecule has 162 valence electrons. The molecule has 0 saturated carbocycles. The van der Waals surface area contributed by atoms with Crippen LogP contribution >= 0.6 is 11.6 Å². The standard InChI is InChI=1S/C22H21ClN2O5S/c1-29-20-11-7-6-10-18(20)24-22(26)15-25(19-14-16(23)12-13-21(19)30-2)31(27,28)17-8-4-3-5-9-17/h3-14H,15H2,1-2H3,(H,24,26). The van der Waals surface area contributed by atoms with Gasteiger partial charge >= 0.3 is 0 Å². The molecule has 3 aromatic rings. The number of carbonyl (C=O) groups excluding carboxylic acids is 1. The second-order valence-electron chi connectivity index (χ2n) is 6.39. The van der Waals surface area contributed by atoms with Gasteiger partial charge in [0, 0.05) is 5.02 Å². The molecule has 0 atom stereocenters. The number of hydrogen-bond donors (Lipinski definition) is 1. The summed E-state index contributed by atoms with van der Waals surface area (Å²) < 4.78 is 38.4. The van der Waals surface area contributed by atoms with Crippen molar-refractivity contribution >= 4 is 38.9 Å². The first kappa shape index (κ1) is 22.5. The third-order valence-electron chi connectivity index (χ3n) is 4.41. The van der Waals surface area contributed by atoms with Crippen LogP contribution in [0.5, 0.6) is 11.5 Å². The van der Waals surface area contributed by atoms with E-state index in [2.05, 4.69) is 5.32 Å². The number of nitrogens with zero attached hydrogens (tertiary/aromatic N) is 1. The van der Waals surface area contributed by atoms with Gasteiger partial charge in [-0.05, 0) is 42.5 Å². The SMILES string of the molecule is COc1ccccc1NC(=O)CN(c1cc(Cl)ccc1OC)S(=O)(=O)c1ccccc1. The fraction of sp³-hybridized carbons (Fsp3) is 0.136. The predicted octanol–water partition coefficient (Wildman–Crippen LogP) is 4.19. The van der Waals surface area contributed by atoms with E-state index in [0.717, 1.165) is 4.31 Å². The highest BCUT2D eigenvalue weighted by Gasteiger charge is 2.29. The normalized spacial score (nSPS) is 10.9. The van der Waals surface area contributed by atoms with Gasteiger partial charge in [-0.2, -0.15) is 0 Å². The van der Waals surface area contributed by atoms with Crippen molar-refractivity contribution in [1.82, 2.24) is 0 Å². The van der Waals surface area contributed by atoms with E-state index in [4.69, 9.17) is 21.1 Å². The number of sulfonamides is 1. The Morgan fingerprint density at radius 3 is 2.26 bits per heavy atom. The summed E-state index contributed by atoms with van der Waals surface area (Å²) in [4.78, 5) is 12.9. The molecule has 7 nitrogen and oxygen atoms in total. The summed E-state index contributed by atoms with van der Waals surface area (Å²) in [6.45, 7) is -0.508. The molecule has 9 heteroatoms. The largest absolute Gasteiger partial charge is 0.495 e. The maximum atomic E-state index is 13.4. The number of nitrogens with one attached hydrogen (secondary N) is 1. The summed E-state index contributed by atoms with van der Waals surface area (Å²) in [5.74, 6) is 0.147. The van der Waals surface area contributed by atoms with Gasteiger partial charge in [-0.3, -0.25) is 9.10 Å². The van der Waals surface area contributed by atoms with Crippen molar-refractivity contribution in [3.8, 4) is 11.5 Å². The summed E-state index contributed by atoms with van der Waals surface area (Å²) in [6.07, 6.45) is 0. The number of benzene rings is 3. The van der Waals surface area contributed by atoms with Crippen molar-refractivity contribution in [2.75, 3.05) is 30.4 Å². The van der Waals surface area contributed by atoms with Gasteiger partial charge in [-0.15, -0.1) is 0 Å². The van der Waals surface area contributed by atoms with Gasteiger partial charge in [0.2, 0.25) is 5.91 Å². The Labute approximate surface area is 186 Å². The van der Waals surface area contributed by atoms with Crippen LogP contribution in [-0.4, -0.2) is 35.1 Å². The summed E-state index contributed by atoms with van der Waals surface area (Å²) in [5.41, 5.74) is 0.569. The van der Waals surface area contributed by atoms with Crippen LogP contribution in [0.2, 0.25) is 5.02 Å². The van der Waals surface area contributed by atoms with Gasteiger partial charge in [0.25, 0.3) is 10.0 Å². The third kappa shape index (κ3) is 5.10. The van der Waals surface area contributed by atoms with Crippen LogP contribution in [0.4, 0.5) is 11.4 Å². The molecule has 0 aliphatic heterocycles. The summed E-state index contributed by atoms with van der Waals surface area (Å²) in [7, 11) is -1.21. The minimum absolute atomic E-state index is 0.0297. The lowest BCUT2D eigenvalue weighted by molar-refractivity contribution is -0.114. The van der Waals surface area contributed by atoms with Crippen LogP contribution in [0, 0.1) is 0 Å². The van der Waals surface area contributed by atoms with Crippen molar-refractivity contribution in [2.24, 2.45) is 0 Å². The van der Waals surface area contributed by atoms with Gasteiger partial charge in [0.1, 0.15) is 18.0 Å². The second kappa shape index (κ2) is 9.72. The Morgan fingerprint density at radius 2 is 1.58 bits per heavy atom. The van der Waals surface area contributed by atoms with Gasteiger partial charge in [-0.1, -0.05) is 41.9 Å². The fourth-order valence-electron chi connectivity index (χ4n) is 2.95. The van der Waals surface area contributed by atoms with E-state index in [1.165, 1.54) is 32.4 Å². The Kier molecular flexibility index (Phi) is 7.04. The Balaban J connectivity index is 2.03. The molecule has 0 unspecified atom stereocenters. The van der Waals surface area contributed by atoms with Crippen molar-refractivity contribution in [2.45, 2.75) is 4.90 Å². The Morgan fingerprint density at radius 1 is 0.935 bits per heavy atom. The zero-order valence-electron chi connectivity index (χ0n) is 16.9. The van der Waals surface area contributed by atoms with Crippen LogP contribution in [0.15, 0.2) is 77.7 Å². The first-order valence-electron chi connectivity index (χ1n) is 9.21. The number of halogens is 1. The van der Waals surface area contributed by atoms with Crippen LogP contribution < -0.4 is 19.1 Å². The molecule has 0 fully saturated rings. The maximum Gasteiger partial charge on any atom is 0.264 e. The number of amides is 1. The molecule has 0 radical (unpaired) electrons. The lowest BCUT2D eigenvalue weighted by Gasteiger charge is -2.26. The lowest BCUT2D eigenvalue weighted by Crippen LogP contribution is -2.38. The zero-order chi connectivity index (χ0) is 22.4. The molecule has 3 rings (SSSR count). The van der Waals surface area contributed by atoms with Gasteiger partial charge < -0.3 is 14.8 Å². The average molecular weight is 461 g/mol. The summed E-state index contributed by atoms with van der Waals surface area (Å²) in [5, 5.41) is 2.99. The quantitative estimate of drug-likeness (QED) is 0.544. The van der Waals surface area contributed by atoms with Crippen molar-refractivity contribution in [3.05, 3.63) is 77.8 Å². The van der Waals surface area contributed by atoms with E-state index < -0.39 is 22.5 Å². The van der Waals surface area contributed by atoms with Gasteiger partial charge in [0.05, 0.1) is 30.5 Å². The van der Waals surface area contributed by atoms with E-state index in [1.54, 1.807) is 54.6 Å². The molecule has 3 aromatic carbocycles. The van der Waals surface area contributed by atoms with E-state index in [0.29, 0.717) is 16.5 Å². The van der Waals surface area contributed by atoms with E-state index in [9.17, 15) is 13.2 Å². The number of carbonyl (C=O) groups is 1. The molecular formula is C22H21ClN2O5S. The number of methoxy groups -OCH3 is 2. The Bertz CT molecular complexity index is 1170. The first-order valence-corrected chi connectivity index (χ1v) is 11.0. The van der Waals surface area contributed by atoms with Crippen molar-refractivity contribution < 1.29 is 22.7 Å². The van der Waals surface area contributed by atoms with Crippen molar-refractivity contribution in [3.63, 3.8) is 0 Å². The second-order valence-corrected chi connectivity index (χ2v) is 8.69. The average Bonchev–Trinajstić information content (AvgIpc) is 2.78. The molecule has 0 bridgehead atoms. The molecule has 0 aliphatic rings. The van der Waals surface area contributed by atoms with Crippen molar-refractivity contribution in [1.29, 1.82) is 0 Å². The van der Waals surface area contributed by atoms with Crippen LogP contribution in [-0.2, 0) is 14.8 Å². The number of rotatable bonds is 8. The first-order chi connectivity index (χ1) is 14.9. The summed E-state index contributed by atoms with van der Waals surface area (Å²) in [6, 6.07) is 19.2. The van der Waals surface area contributed by atoms with Crippen LogP contribution in [0.1, 0.15) is 0 Å². The lowest BCUT2D eigenvalue weighted by atomic mass is 10.2. The van der Waals surface area contributed by atoms with E-state index in [-0.39, 0.29) is 16.3 Å². The van der Waals surface area contributed by atoms with Crippen LogP contribution in [0.25, 0.3) is 0 Å². The molecular weight excluding hydrogens is 440 g/mol. The Hall–Kier alpha value is -3.23. The molecule has 1 N–H and O–H groups in total. The van der Waals surface area contributed by atoms with Crippen LogP contribution in [0.3, 0.4) is 0 Å². The molecule has 0 saturated heterocycles. The minimum Gasteiger partial charge on any atom is -0.495 e. The highest BCUT2D eigenvalue weighted by atomic mass is 35.5. The summed E-state index contributed by atoms with van der Waals surface area (Å²) >= 11 is 6.13. The topological polar surface area (TPSA) is 84.9 Å². The third-order valence-corrected chi connectivity index (χ3v) is 6.42. The number of hydrogen-bond acceptors (Lipinski definition) is 5. The highest BCUT2D eigenvalue weighted by Crippen LogP contribution is 2.35. The highest BCUT2D eigenvalue weighted by molar-refractivity contribution is 7.92. The number of ether oxygens (including phenoxy) is 2. The maximum absolute atomic E-state index is 13.4. The fourth-order valence-corrected chi connectivity index (χ4v) is 4.56. The molecule has 0 heterocycles. The smallest absolute Gasteiger partial charge is 0.264 e. The molecule has 0 aliphatic carbocycles. The van der Waals surface area contributed by atoms with Gasteiger partial charge in [0.15, 0.2) is 0 Å².